The topological polar surface area (TPSA) is 45.7 Å². The normalized spacial score (nSPS) is 17.1. The van der Waals surface area contributed by atoms with E-state index in [1.807, 2.05) is 6.92 Å². The van der Waals surface area contributed by atoms with Crippen LogP contribution in [-0.4, -0.2) is 45.5 Å². The Morgan fingerprint density at radius 3 is 2.43 bits per heavy atom. The lowest BCUT2D eigenvalue weighted by Gasteiger charge is -2.15. The molecule has 2 N–H and O–H groups in total. The highest BCUT2D eigenvalue weighted by molar-refractivity contribution is 14.0. The van der Waals surface area contributed by atoms with Gasteiger partial charge in [-0.15, -0.1) is 24.0 Å². The second-order valence-electron chi connectivity index (χ2n) is 5.23. The van der Waals surface area contributed by atoms with Crippen LogP contribution >= 0.6 is 24.0 Å². The lowest BCUT2D eigenvalue weighted by Crippen LogP contribution is -2.39. The van der Waals surface area contributed by atoms with Crippen molar-refractivity contribution in [1.82, 2.24) is 10.6 Å². The number of alkyl halides is 3. The van der Waals surface area contributed by atoms with Gasteiger partial charge in [-0.2, -0.15) is 13.2 Å². The molecule has 1 rings (SSSR count). The molecule has 0 aromatic heterocycles. The van der Waals surface area contributed by atoms with Crippen molar-refractivity contribution in [1.29, 1.82) is 0 Å². The first-order chi connectivity index (χ1) is 9.41. The van der Waals surface area contributed by atoms with Gasteiger partial charge in [0.25, 0.3) is 0 Å². The lowest BCUT2D eigenvalue weighted by molar-refractivity contribution is -0.132. The molecule has 1 aliphatic carbocycles. The van der Waals surface area contributed by atoms with Gasteiger partial charge in [0.2, 0.25) is 0 Å². The van der Waals surface area contributed by atoms with E-state index in [1.54, 1.807) is 7.11 Å². The summed E-state index contributed by atoms with van der Waals surface area (Å²) in [6, 6.07) is 0. The molecule has 8 heteroatoms. The van der Waals surface area contributed by atoms with Gasteiger partial charge in [-0.1, -0.05) is 0 Å². The first-order valence-electron chi connectivity index (χ1n) is 6.99. The van der Waals surface area contributed by atoms with Crippen molar-refractivity contribution in [2.45, 2.75) is 38.8 Å². The van der Waals surface area contributed by atoms with Gasteiger partial charge < -0.3 is 15.4 Å². The molecule has 0 heterocycles. The van der Waals surface area contributed by atoms with Crippen molar-refractivity contribution in [3.05, 3.63) is 0 Å². The molecule has 1 fully saturated rings. The Morgan fingerprint density at radius 2 is 1.95 bits per heavy atom. The van der Waals surface area contributed by atoms with Gasteiger partial charge in [0.1, 0.15) is 0 Å². The van der Waals surface area contributed by atoms with Crippen LogP contribution in [0.25, 0.3) is 0 Å². The van der Waals surface area contributed by atoms with Crippen molar-refractivity contribution in [2.24, 2.45) is 10.4 Å². The highest BCUT2D eigenvalue weighted by Gasteiger charge is 2.41. The number of aliphatic imine (C=N–C) groups is 1. The number of hydrogen-bond acceptors (Lipinski definition) is 2. The third-order valence-electron chi connectivity index (χ3n) is 3.41. The number of ether oxygens (including phenoxy) is 1. The van der Waals surface area contributed by atoms with Crippen molar-refractivity contribution < 1.29 is 17.9 Å². The highest BCUT2D eigenvalue weighted by atomic mass is 127. The number of nitrogens with one attached hydrogen (secondary N) is 2. The summed E-state index contributed by atoms with van der Waals surface area (Å²) in [6.07, 6.45) is -1.81. The van der Waals surface area contributed by atoms with Crippen LogP contribution in [0.2, 0.25) is 0 Å². The Balaban J connectivity index is 0.00000400. The molecular weight excluding hydrogens is 398 g/mol. The van der Waals surface area contributed by atoms with Crippen LogP contribution in [0.1, 0.15) is 32.6 Å². The maximum absolute atomic E-state index is 12.1. The minimum atomic E-state index is -4.14. The Labute approximate surface area is 141 Å². The molecule has 0 spiro atoms. The quantitative estimate of drug-likeness (QED) is 0.359. The van der Waals surface area contributed by atoms with Crippen molar-refractivity contribution in [3.8, 4) is 0 Å². The minimum absolute atomic E-state index is 0. The molecule has 0 aliphatic heterocycles. The molecule has 21 heavy (non-hydrogen) atoms. The molecule has 0 unspecified atom stereocenters. The zero-order valence-electron chi connectivity index (χ0n) is 12.6. The fourth-order valence-electron chi connectivity index (χ4n) is 1.89. The Kier molecular flexibility index (Phi) is 9.59. The largest absolute Gasteiger partial charge is 0.390 e. The van der Waals surface area contributed by atoms with Crippen LogP contribution in [0, 0.1) is 5.41 Å². The average Bonchev–Trinajstić information content (AvgIpc) is 3.13. The maximum Gasteiger partial charge on any atom is 0.390 e. The number of guanidine groups is 1. The van der Waals surface area contributed by atoms with Crippen LogP contribution in [0.3, 0.4) is 0 Å². The predicted molar refractivity (Wildman–Crippen MR) is 88.2 cm³/mol. The van der Waals surface area contributed by atoms with Crippen LogP contribution in [0.4, 0.5) is 13.2 Å². The van der Waals surface area contributed by atoms with Gasteiger partial charge in [0, 0.05) is 33.4 Å². The molecule has 0 saturated heterocycles. The van der Waals surface area contributed by atoms with Gasteiger partial charge in [0.15, 0.2) is 5.96 Å². The SMILES string of the molecule is CCNC(=NCC1(CCOC)CC1)NCCC(F)(F)F.I. The number of nitrogens with zero attached hydrogens (tertiary/aromatic N) is 1. The van der Waals surface area contributed by atoms with E-state index in [4.69, 9.17) is 4.74 Å². The van der Waals surface area contributed by atoms with E-state index < -0.39 is 12.6 Å². The molecule has 0 aromatic carbocycles. The molecule has 0 bridgehead atoms. The van der Waals surface area contributed by atoms with E-state index in [1.165, 1.54) is 0 Å². The smallest absolute Gasteiger partial charge is 0.385 e. The lowest BCUT2D eigenvalue weighted by atomic mass is 10.0. The molecule has 1 saturated carbocycles. The van der Waals surface area contributed by atoms with Crippen LogP contribution < -0.4 is 10.6 Å². The van der Waals surface area contributed by atoms with Gasteiger partial charge in [-0.05, 0) is 31.6 Å². The van der Waals surface area contributed by atoms with Crippen molar-refractivity contribution in [3.63, 3.8) is 0 Å². The number of hydrogen-bond donors (Lipinski definition) is 2. The number of rotatable bonds is 8. The second-order valence-corrected chi connectivity index (χ2v) is 5.23. The third-order valence-corrected chi connectivity index (χ3v) is 3.41. The summed E-state index contributed by atoms with van der Waals surface area (Å²) in [7, 11) is 1.67. The molecular formula is C13H25F3IN3O. The highest BCUT2D eigenvalue weighted by Crippen LogP contribution is 2.48. The predicted octanol–water partition coefficient (Wildman–Crippen LogP) is 2.93. The van der Waals surface area contributed by atoms with E-state index >= 15 is 0 Å². The standard InChI is InChI=1S/C13H24F3N3O.HI/c1-3-17-11(18-8-6-13(14,15)16)19-10-12(4-5-12)7-9-20-2;/h3-10H2,1-2H3,(H2,17,18,19);1H. The van der Waals surface area contributed by atoms with E-state index in [0.29, 0.717) is 25.7 Å². The summed E-state index contributed by atoms with van der Waals surface area (Å²) in [5.41, 5.74) is 0.197. The Bertz CT molecular complexity index is 320. The van der Waals surface area contributed by atoms with E-state index in [-0.39, 0.29) is 35.9 Å². The summed E-state index contributed by atoms with van der Waals surface area (Å²) in [5, 5.41) is 5.69. The fourth-order valence-corrected chi connectivity index (χ4v) is 1.89. The average molecular weight is 423 g/mol. The summed E-state index contributed by atoms with van der Waals surface area (Å²) >= 11 is 0. The molecule has 0 aromatic rings. The van der Waals surface area contributed by atoms with Crippen molar-refractivity contribution >= 4 is 29.9 Å². The first kappa shape index (κ1) is 20.8. The van der Waals surface area contributed by atoms with Crippen LogP contribution in [-0.2, 0) is 4.74 Å². The Hall–Kier alpha value is -0.250. The zero-order valence-corrected chi connectivity index (χ0v) is 14.9. The molecule has 0 amide bonds. The van der Waals surface area contributed by atoms with Gasteiger partial charge in [-0.3, -0.25) is 4.99 Å². The maximum atomic E-state index is 12.1. The second kappa shape index (κ2) is 9.70. The summed E-state index contributed by atoms with van der Waals surface area (Å²) in [5.74, 6) is 0.459. The molecule has 4 nitrogen and oxygen atoms in total. The van der Waals surface area contributed by atoms with Gasteiger partial charge >= 0.3 is 6.18 Å². The van der Waals surface area contributed by atoms with E-state index in [0.717, 1.165) is 19.3 Å². The molecule has 0 atom stereocenters. The minimum Gasteiger partial charge on any atom is -0.385 e. The number of methoxy groups -OCH3 is 1. The van der Waals surface area contributed by atoms with E-state index in [9.17, 15) is 13.2 Å². The zero-order chi connectivity index (χ0) is 15.1. The molecule has 126 valence electrons. The van der Waals surface area contributed by atoms with E-state index in [2.05, 4.69) is 15.6 Å². The Morgan fingerprint density at radius 1 is 1.29 bits per heavy atom. The monoisotopic (exact) mass is 423 g/mol. The van der Waals surface area contributed by atoms with Gasteiger partial charge in [-0.25, -0.2) is 0 Å². The van der Waals surface area contributed by atoms with Crippen molar-refractivity contribution in [2.75, 3.05) is 33.4 Å². The molecule has 0 radical (unpaired) electrons. The van der Waals surface area contributed by atoms with Crippen LogP contribution in [0.15, 0.2) is 4.99 Å². The molecule has 1 aliphatic rings. The third kappa shape index (κ3) is 9.38. The fraction of sp³-hybridized carbons (Fsp3) is 0.923. The summed E-state index contributed by atoms with van der Waals surface area (Å²) in [6.45, 7) is 3.70. The van der Waals surface area contributed by atoms with Crippen LogP contribution in [0.5, 0.6) is 0 Å². The van der Waals surface area contributed by atoms with Gasteiger partial charge in [0.05, 0.1) is 6.42 Å². The summed E-state index contributed by atoms with van der Waals surface area (Å²) < 4.78 is 41.4. The number of halogens is 4. The first-order valence-corrected chi connectivity index (χ1v) is 6.99. The summed E-state index contributed by atoms with van der Waals surface area (Å²) in [4.78, 5) is 4.39.